The molecule has 116 valence electrons. The molecule has 0 heterocycles. The van der Waals surface area contributed by atoms with Crippen LogP contribution in [0, 0.1) is 0 Å². The Balaban J connectivity index is 4.93. The van der Waals surface area contributed by atoms with Crippen molar-refractivity contribution in [3.05, 3.63) is 0 Å². The third-order valence-electron chi connectivity index (χ3n) is 2.84. The standard InChI is InChI=1S/C12H22N2O4S2/c1-13-9(4-6-19-2)11(16)14(8-15)10(12(17)18)5-7-20-3/h8-10,13H,4-7H2,1-3H3,(H,17,18). The minimum atomic E-state index is -1.15. The quantitative estimate of drug-likeness (QED) is 0.536. The summed E-state index contributed by atoms with van der Waals surface area (Å²) in [7, 11) is 1.63. The number of nitrogens with zero attached hydrogens (tertiary/aromatic N) is 1. The Hall–Kier alpha value is -0.730. The lowest BCUT2D eigenvalue weighted by molar-refractivity contribution is -0.154. The summed E-state index contributed by atoms with van der Waals surface area (Å²) in [5.41, 5.74) is 0. The van der Waals surface area contributed by atoms with Crippen molar-refractivity contribution >= 4 is 41.8 Å². The van der Waals surface area contributed by atoms with E-state index in [4.69, 9.17) is 0 Å². The largest absolute Gasteiger partial charge is 0.480 e. The topological polar surface area (TPSA) is 86.7 Å². The second kappa shape index (κ2) is 11.0. The zero-order chi connectivity index (χ0) is 15.5. The Morgan fingerprint density at radius 1 is 1.25 bits per heavy atom. The average molecular weight is 322 g/mol. The first-order valence-electron chi connectivity index (χ1n) is 6.18. The molecule has 0 saturated carbocycles. The van der Waals surface area contributed by atoms with Gasteiger partial charge in [0.25, 0.3) is 0 Å². The fraction of sp³-hybridized carbons (Fsp3) is 0.750. The van der Waals surface area contributed by atoms with Gasteiger partial charge in [0.15, 0.2) is 0 Å². The van der Waals surface area contributed by atoms with E-state index < -0.39 is 24.0 Å². The number of amides is 2. The third kappa shape index (κ3) is 6.15. The van der Waals surface area contributed by atoms with Gasteiger partial charge in [-0.3, -0.25) is 14.5 Å². The molecule has 2 atom stereocenters. The molecule has 0 aliphatic carbocycles. The monoisotopic (exact) mass is 322 g/mol. The number of rotatable bonds is 11. The molecule has 0 aliphatic heterocycles. The van der Waals surface area contributed by atoms with E-state index in [2.05, 4.69) is 5.32 Å². The fourth-order valence-corrected chi connectivity index (χ4v) is 2.63. The first-order valence-corrected chi connectivity index (χ1v) is 8.97. The molecule has 0 aromatic rings. The summed E-state index contributed by atoms with van der Waals surface area (Å²) >= 11 is 3.07. The van der Waals surface area contributed by atoms with Crippen LogP contribution in [0.25, 0.3) is 0 Å². The maximum Gasteiger partial charge on any atom is 0.326 e. The predicted molar refractivity (Wildman–Crippen MR) is 83.2 cm³/mol. The summed E-state index contributed by atoms with van der Waals surface area (Å²) in [6, 6.07) is -1.64. The number of aliphatic carboxylic acids is 1. The molecule has 0 aromatic heterocycles. The number of carboxylic acid groups (broad SMARTS) is 1. The van der Waals surface area contributed by atoms with E-state index in [0.29, 0.717) is 18.6 Å². The van der Waals surface area contributed by atoms with Gasteiger partial charge in [-0.2, -0.15) is 23.5 Å². The molecule has 0 rings (SSSR count). The minimum absolute atomic E-state index is 0.250. The first kappa shape index (κ1) is 19.3. The van der Waals surface area contributed by atoms with Crippen molar-refractivity contribution in [3.63, 3.8) is 0 Å². The van der Waals surface area contributed by atoms with Gasteiger partial charge in [0, 0.05) is 0 Å². The van der Waals surface area contributed by atoms with Crippen LogP contribution < -0.4 is 5.32 Å². The van der Waals surface area contributed by atoms with Gasteiger partial charge in [-0.25, -0.2) is 4.79 Å². The minimum Gasteiger partial charge on any atom is -0.480 e. The summed E-state index contributed by atoms with van der Waals surface area (Å²) in [5, 5.41) is 12.0. The van der Waals surface area contributed by atoms with Gasteiger partial charge in [0.05, 0.1) is 6.04 Å². The fourth-order valence-electron chi connectivity index (χ4n) is 1.70. The van der Waals surface area contributed by atoms with Gasteiger partial charge >= 0.3 is 5.97 Å². The zero-order valence-corrected chi connectivity index (χ0v) is 13.6. The van der Waals surface area contributed by atoms with E-state index in [9.17, 15) is 19.5 Å². The number of likely N-dealkylation sites (N-methyl/N-ethyl adjacent to an activating group) is 1. The van der Waals surface area contributed by atoms with E-state index in [1.807, 2.05) is 12.5 Å². The summed E-state index contributed by atoms with van der Waals surface area (Å²) in [5.74, 6) is -0.305. The Kier molecular flexibility index (Phi) is 10.6. The van der Waals surface area contributed by atoms with Crippen molar-refractivity contribution in [2.24, 2.45) is 0 Å². The highest BCUT2D eigenvalue weighted by Gasteiger charge is 2.32. The highest BCUT2D eigenvalue weighted by Crippen LogP contribution is 2.11. The third-order valence-corrected chi connectivity index (χ3v) is 4.13. The molecule has 0 spiro atoms. The Bertz CT molecular complexity index is 329. The molecule has 6 nitrogen and oxygen atoms in total. The summed E-state index contributed by atoms with van der Waals surface area (Å²) in [6.07, 6.45) is 4.90. The molecule has 0 aromatic carbocycles. The summed E-state index contributed by atoms with van der Waals surface area (Å²) in [4.78, 5) is 35.5. The molecule has 0 saturated heterocycles. The second-order valence-corrected chi connectivity index (χ2v) is 6.08. The molecular formula is C12H22N2O4S2. The predicted octanol–water partition coefficient (Wildman–Crippen LogP) is 0.519. The Morgan fingerprint density at radius 2 is 1.80 bits per heavy atom. The van der Waals surface area contributed by atoms with Crippen molar-refractivity contribution < 1.29 is 19.5 Å². The van der Waals surface area contributed by atoms with Gasteiger partial charge in [-0.05, 0) is 43.9 Å². The van der Waals surface area contributed by atoms with Crippen molar-refractivity contribution in [1.82, 2.24) is 10.2 Å². The molecule has 0 fully saturated rings. The number of imide groups is 1. The molecule has 0 radical (unpaired) electrons. The highest BCUT2D eigenvalue weighted by molar-refractivity contribution is 7.98. The van der Waals surface area contributed by atoms with Crippen LogP contribution in [0.3, 0.4) is 0 Å². The van der Waals surface area contributed by atoms with Gasteiger partial charge in [-0.1, -0.05) is 0 Å². The lowest BCUT2D eigenvalue weighted by Crippen LogP contribution is -2.52. The van der Waals surface area contributed by atoms with Crippen molar-refractivity contribution in [2.45, 2.75) is 24.9 Å². The van der Waals surface area contributed by atoms with Gasteiger partial charge in [0.2, 0.25) is 12.3 Å². The van der Waals surface area contributed by atoms with Crippen LogP contribution in [0.4, 0.5) is 0 Å². The molecule has 8 heteroatoms. The van der Waals surface area contributed by atoms with E-state index in [1.54, 1.807) is 18.8 Å². The van der Waals surface area contributed by atoms with Gasteiger partial charge in [-0.15, -0.1) is 0 Å². The molecule has 2 unspecified atom stereocenters. The summed E-state index contributed by atoms with van der Waals surface area (Å²) < 4.78 is 0. The van der Waals surface area contributed by atoms with E-state index in [1.165, 1.54) is 11.8 Å². The normalized spacial score (nSPS) is 13.6. The number of thioether (sulfide) groups is 2. The first-order chi connectivity index (χ1) is 9.53. The molecule has 0 aliphatic rings. The van der Waals surface area contributed by atoms with Crippen LogP contribution in [0.15, 0.2) is 0 Å². The smallest absolute Gasteiger partial charge is 0.326 e. The molecule has 2 amide bonds. The van der Waals surface area contributed by atoms with Crippen molar-refractivity contribution in [1.29, 1.82) is 0 Å². The van der Waals surface area contributed by atoms with Crippen LogP contribution in [0.5, 0.6) is 0 Å². The van der Waals surface area contributed by atoms with Crippen LogP contribution in [-0.4, -0.2) is 71.4 Å². The van der Waals surface area contributed by atoms with Crippen LogP contribution in [0.2, 0.25) is 0 Å². The number of hydrogen-bond acceptors (Lipinski definition) is 6. The van der Waals surface area contributed by atoms with Gasteiger partial charge in [0.1, 0.15) is 6.04 Å². The summed E-state index contributed by atoms with van der Waals surface area (Å²) in [6.45, 7) is 0. The highest BCUT2D eigenvalue weighted by atomic mass is 32.2. The Morgan fingerprint density at radius 3 is 2.20 bits per heavy atom. The number of carbonyl (C=O) groups excluding carboxylic acids is 2. The van der Waals surface area contributed by atoms with E-state index in [-0.39, 0.29) is 6.42 Å². The average Bonchev–Trinajstić information content (AvgIpc) is 2.43. The zero-order valence-electron chi connectivity index (χ0n) is 12.0. The lowest BCUT2D eigenvalue weighted by Gasteiger charge is -2.27. The number of nitrogens with one attached hydrogen (secondary N) is 1. The molecule has 20 heavy (non-hydrogen) atoms. The van der Waals surface area contributed by atoms with Crippen LogP contribution in [-0.2, 0) is 14.4 Å². The van der Waals surface area contributed by atoms with Crippen LogP contribution >= 0.6 is 23.5 Å². The SMILES string of the molecule is CNC(CCSC)C(=O)N(C=O)C(CCSC)C(=O)O. The number of carbonyl (C=O) groups is 3. The molecule has 0 bridgehead atoms. The number of hydrogen-bond donors (Lipinski definition) is 2. The van der Waals surface area contributed by atoms with Crippen LogP contribution in [0.1, 0.15) is 12.8 Å². The maximum atomic E-state index is 12.3. The molecular weight excluding hydrogens is 300 g/mol. The number of carboxylic acids is 1. The maximum absolute atomic E-state index is 12.3. The molecule has 2 N–H and O–H groups in total. The lowest BCUT2D eigenvalue weighted by atomic mass is 10.1. The van der Waals surface area contributed by atoms with E-state index in [0.717, 1.165) is 10.7 Å². The Labute approximate surface area is 128 Å². The second-order valence-electron chi connectivity index (χ2n) is 4.11. The van der Waals surface area contributed by atoms with Crippen molar-refractivity contribution in [3.8, 4) is 0 Å². The van der Waals surface area contributed by atoms with Gasteiger partial charge < -0.3 is 10.4 Å². The van der Waals surface area contributed by atoms with Crippen molar-refractivity contribution in [2.75, 3.05) is 31.1 Å². The van der Waals surface area contributed by atoms with E-state index >= 15 is 0 Å².